The number of hydrogen-bond donors (Lipinski definition) is 2. The van der Waals surface area contributed by atoms with E-state index in [0.29, 0.717) is 49.1 Å². The van der Waals surface area contributed by atoms with E-state index in [1.807, 2.05) is 25.1 Å². The van der Waals surface area contributed by atoms with Crippen LogP contribution in [0, 0.1) is 12.7 Å². The van der Waals surface area contributed by atoms with Crippen molar-refractivity contribution in [2.24, 2.45) is 4.99 Å². The van der Waals surface area contributed by atoms with Crippen LogP contribution in [0.3, 0.4) is 0 Å². The van der Waals surface area contributed by atoms with Crippen molar-refractivity contribution in [2.75, 3.05) is 19.6 Å². The fourth-order valence-corrected chi connectivity index (χ4v) is 4.81. The molecule has 2 aromatic carbocycles. The van der Waals surface area contributed by atoms with Gasteiger partial charge in [-0.2, -0.15) is 4.31 Å². The minimum absolute atomic E-state index is 0. The molecule has 1 fully saturated rings. The Labute approximate surface area is 201 Å². The van der Waals surface area contributed by atoms with E-state index < -0.39 is 10.0 Å². The first-order chi connectivity index (χ1) is 14.4. The number of nitrogens with one attached hydrogen (secondary N) is 2. The summed E-state index contributed by atoms with van der Waals surface area (Å²) in [6, 6.07) is 12.1. The second-order valence-corrected chi connectivity index (χ2v) is 9.33. The van der Waals surface area contributed by atoms with Crippen molar-refractivity contribution in [1.29, 1.82) is 0 Å². The first-order valence-electron chi connectivity index (χ1n) is 10.3. The summed E-state index contributed by atoms with van der Waals surface area (Å²) in [5, 5.41) is 6.40. The molecule has 0 spiro atoms. The van der Waals surface area contributed by atoms with E-state index >= 15 is 0 Å². The number of hydrogen-bond acceptors (Lipinski definition) is 3. The summed E-state index contributed by atoms with van der Waals surface area (Å²) in [4.78, 5) is 4.83. The van der Waals surface area contributed by atoms with Crippen molar-refractivity contribution >= 4 is 40.0 Å². The average Bonchev–Trinajstić information content (AvgIpc) is 3.29. The van der Waals surface area contributed by atoms with E-state index in [-0.39, 0.29) is 29.8 Å². The van der Waals surface area contributed by atoms with Gasteiger partial charge >= 0.3 is 0 Å². The number of aliphatic imine (C=N–C) groups is 1. The summed E-state index contributed by atoms with van der Waals surface area (Å²) in [5.41, 5.74) is 2.36. The maximum absolute atomic E-state index is 13.7. The van der Waals surface area contributed by atoms with E-state index in [1.165, 1.54) is 6.07 Å². The molecule has 1 saturated heterocycles. The lowest BCUT2D eigenvalue weighted by molar-refractivity contribution is 0.477. The molecule has 170 valence electrons. The van der Waals surface area contributed by atoms with Crippen LogP contribution in [0.1, 0.15) is 36.5 Å². The molecule has 0 aliphatic carbocycles. The van der Waals surface area contributed by atoms with Gasteiger partial charge in [-0.25, -0.2) is 17.8 Å². The predicted molar refractivity (Wildman–Crippen MR) is 133 cm³/mol. The molecule has 6 nitrogen and oxygen atoms in total. The smallest absolute Gasteiger partial charge is 0.243 e. The molecule has 9 heteroatoms. The maximum Gasteiger partial charge on any atom is 0.243 e. The first kappa shape index (κ1) is 25.5. The van der Waals surface area contributed by atoms with Crippen LogP contribution in [0.2, 0.25) is 0 Å². The van der Waals surface area contributed by atoms with Crippen molar-refractivity contribution in [1.82, 2.24) is 14.9 Å². The second-order valence-electron chi connectivity index (χ2n) is 7.39. The molecule has 0 bridgehead atoms. The highest BCUT2D eigenvalue weighted by Crippen LogP contribution is 2.21. The van der Waals surface area contributed by atoms with Crippen molar-refractivity contribution in [2.45, 2.75) is 44.7 Å². The van der Waals surface area contributed by atoms with Crippen molar-refractivity contribution in [3.63, 3.8) is 0 Å². The molecule has 1 aliphatic rings. The van der Waals surface area contributed by atoms with Gasteiger partial charge in [-0.05, 0) is 61.6 Å². The molecule has 0 aromatic heterocycles. The van der Waals surface area contributed by atoms with Gasteiger partial charge in [-0.1, -0.05) is 24.3 Å². The summed E-state index contributed by atoms with van der Waals surface area (Å²) < 4.78 is 40.5. The number of sulfonamides is 1. The predicted octanol–water partition coefficient (Wildman–Crippen LogP) is 3.79. The molecule has 1 heterocycles. The van der Waals surface area contributed by atoms with Gasteiger partial charge in [-0.15, -0.1) is 24.0 Å². The quantitative estimate of drug-likeness (QED) is 0.307. The summed E-state index contributed by atoms with van der Waals surface area (Å²) in [6.45, 7) is 6.45. The van der Waals surface area contributed by atoms with Gasteiger partial charge in [-0.3, -0.25) is 0 Å². The Balaban J connectivity index is 0.00000341. The molecule has 31 heavy (non-hydrogen) atoms. The molecule has 2 aromatic rings. The van der Waals surface area contributed by atoms with E-state index in [1.54, 1.807) is 29.4 Å². The van der Waals surface area contributed by atoms with Gasteiger partial charge < -0.3 is 10.6 Å². The summed E-state index contributed by atoms with van der Waals surface area (Å²) >= 11 is 0. The number of guanidine groups is 1. The van der Waals surface area contributed by atoms with Gasteiger partial charge in [0.05, 0.1) is 11.4 Å². The van der Waals surface area contributed by atoms with Crippen LogP contribution in [0.4, 0.5) is 4.39 Å². The van der Waals surface area contributed by atoms with Crippen LogP contribution in [0.5, 0.6) is 0 Å². The summed E-state index contributed by atoms with van der Waals surface area (Å²) in [7, 11) is -3.40. The van der Waals surface area contributed by atoms with Gasteiger partial charge in [0.1, 0.15) is 5.82 Å². The Morgan fingerprint density at radius 2 is 1.71 bits per heavy atom. The van der Waals surface area contributed by atoms with E-state index in [4.69, 9.17) is 0 Å². The zero-order valence-corrected chi connectivity index (χ0v) is 21.0. The lowest BCUT2D eigenvalue weighted by Gasteiger charge is -2.16. The normalized spacial score (nSPS) is 14.9. The monoisotopic (exact) mass is 560 g/mol. The molecular formula is C22H30FIN4O2S. The number of nitrogens with zero attached hydrogens (tertiary/aromatic N) is 2. The number of halogens is 2. The number of benzene rings is 2. The highest BCUT2D eigenvalue weighted by Gasteiger charge is 2.26. The Kier molecular flexibility index (Phi) is 9.70. The van der Waals surface area contributed by atoms with E-state index in [9.17, 15) is 12.8 Å². The van der Waals surface area contributed by atoms with Crippen LogP contribution in [-0.2, 0) is 23.1 Å². The standard InChI is InChI=1S/C22H29FN4O2S.HI/c1-3-24-22(26-16-19-7-6-17(2)21(23)14-19)25-15-18-8-10-20(11-9-18)30(28,29)27-12-4-5-13-27;/h6-11,14H,3-5,12-13,15-16H2,1-2H3,(H2,24,25,26);1H. The van der Waals surface area contributed by atoms with Gasteiger partial charge in [0, 0.05) is 26.2 Å². The first-order valence-corrected chi connectivity index (χ1v) is 11.7. The largest absolute Gasteiger partial charge is 0.357 e. The Hall–Kier alpha value is -1.72. The lowest BCUT2D eigenvalue weighted by atomic mass is 10.1. The molecule has 3 rings (SSSR count). The zero-order valence-electron chi connectivity index (χ0n) is 17.9. The second kappa shape index (κ2) is 11.8. The topological polar surface area (TPSA) is 73.8 Å². The van der Waals surface area contributed by atoms with Gasteiger partial charge in [0.15, 0.2) is 5.96 Å². The molecular weight excluding hydrogens is 530 g/mol. The zero-order chi connectivity index (χ0) is 21.6. The van der Waals surface area contributed by atoms with Gasteiger partial charge in [0.25, 0.3) is 0 Å². The van der Waals surface area contributed by atoms with Crippen molar-refractivity contribution in [3.8, 4) is 0 Å². The van der Waals surface area contributed by atoms with Crippen molar-refractivity contribution < 1.29 is 12.8 Å². The highest BCUT2D eigenvalue weighted by atomic mass is 127. The van der Waals surface area contributed by atoms with Crippen molar-refractivity contribution in [3.05, 3.63) is 65.0 Å². The van der Waals surface area contributed by atoms with Gasteiger partial charge in [0.2, 0.25) is 10.0 Å². The molecule has 2 N–H and O–H groups in total. The third kappa shape index (κ3) is 6.88. The Morgan fingerprint density at radius 1 is 1.06 bits per heavy atom. The third-order valence-electron chi connectivity index (χ3n) is 5.09. The fourth-order valence-electron chi connectivity index (χ4n) is 3.29. The molecule has 0 saturated carbocycles. The average molecular weight is 560 g/mol. The van der Waals surface area contributed by atoms with Crippen LogP contribution < -0.4 is 10.6 Å². The fraction of sp³-hybridized carbons (Fsp3) is 0.409. The minimum Gasteiger partial charge on any atom is -0.357 e. The maximum atomic E-state index is 13.7. The number of rotatable bonds is 7. The summed E-state index contributed by atoms with van der Waals surface area (Å²) in [5.74, 6) is 0.386. The lowest BCUT2D eigenvalue weighted by Crippen LogP contribution is -2.36. The third-order valence-corrected chi connectivity index (χ3v) is 7.00. The minimum atomic E-state index is -3.40. The van der Waals surface area contributed by atoms with E-state index in [0.717, 1.165) is 24.0 Å². The van der Waals surface area contributed by atoms with E-state index in [2.05, 4.69) is 15.6 Å². The molecule has 0 amide bonds. The molecule has 0 radical (unpaired) electrons. The molecule has 0 unspecified atom stereocenters. The number of aryl methyl sites for hydroxylation is 1. The van der Waals surface area contributed by atoms with Crippen LogP contribution in [-0.4, -0.2) is 38.3 Å². The highest BCUT2D eigenvalue weighted by molar-refractivity contribution is 14.0. The van der Waals surface area contributed by atoms with Crippen LogP contribution in [0.25, 0.3) is 0 Å². The SMILES string of the molecule is CCNC(=NCc1ccc(C)c(F)c1)NCc1ccc(S(=O)(=O)N2CCCC2)cc1.I. The molecule has 1 aliphatic heterocycles. The van der Waals surface area contributed by atoms with Crippen LogP contribution >= 0.6 is 24.0 Å². The Morgan fingerprint density at radius 3 is 2.32 bits per heavy atom. The van der Waals surface area contributed by atoms with Crippen LogP contribution in [0.15, 0.2) is 52.4 Å². The Bertz CT molecular complexity index is 991. The molecule has 0 atom stereocenters. The summed E-state index contributed by atoms with van der Waals surface area (Å²) in [6.07, 6.45) is 1.84.